The van der Waals surface area contributed by atoms with Gasteiger partial charge in [-0.25, -0.2) is 0 Å². The molecule has 0 radical (unpaired) electrons. The Morgan fingerprint density at radius 2 is 1.92 bits per heavy atom. The fourth-order valence-electron chi connectivity index (χ4n) is 2.22. The molecule has 2 rings (SSSR count). The van der Waals surface area contributed by atoms with E-state index >= 15 is 0 Å². The number of benzene rings is 1. The fraction of sp³-hybridized carbons (Fsp3) is 0.368. The third-order valence-corrected chi connectivity index (χ3v) is 3.51. The van der Waals surface area contributed by atoms with Crippen molar-refractivity contribution >= 4 is 5.96 Å². The van der Waals surface area contributed by atoms with Gasteiger partial charge in [-0.2, -0.15) is 0 Å². The van der Waals surface area contributed by atoms with Crippen LogP contribution in [-0.4, -0.2) is 42.3 Å². The molecule has 6 heteroatoms. The van der Waals surface area contributed by atoms with Crippen molar-refractivity contribution in [3.8, 4) is 0 Å². The molecule has 3 N–H and O–H groups in total. The molecule has 0 aliphatic heterocycles. The summed E-state index contributed by atoms with van der Waals surface area (Å²) >= 11 is 0. The predicted molar refractivity (Wildman–Crippen MR) is 99.3 cm³/mol. The number of aliphatic imine (C=N–C) groups is 1. The highest BCUT2D eigenvalue weighted by molar-refractivity contribution is 5.79. The highest BCUT2D eigenvalue weighted by atomic mass is 16.5. The number of rotatable bonds is 9. The maximum atomic E-state index is 10.2. The first-order chi connectivity index (χ1) is 12.3. The quantitative estimate of drug-likeness (QED) is 0.368. The van der Waals surface area contributed by atoms with E-state index in [1.54, 1.807) is 24.5 Å². The first kappa shape index (κ1) is 18.9. The molecule has 1 aromatic carbocycles. The first-order valence-corrected chi connectivity index (χ1v) is 8.51. The molecule has 134 valence electrons. The van der Waals surface area contributed by atoms with Gasteiger partial charge in [0.2, 0.25) is 0 Å². The molecular weight excluding hydrogens is 316 g/mol. The monoisotopic (exact) mass is 342 g/mol. The second-order valence-electron chi connectivity index (χ2n) is 5.48. The third-order valence-electron chi connectivity index (χ3n) is 3.51. The summed E-state index contributed by atoms with van der Waals surface area (Å²) in [5, 5.41) is 16.5. The van der Waals surface area contributed by atoms with Crippen LogP contribution in [0.5, 0.6) is 0 Å². The van der Waals surface area contributed by atoms with Crippen LogP contribution in [0.25, 0.3) is 0 Å². The summed E-state index contributed by atoms with van der Waals surface area (Å²) < 4.78 is 5.64. The normalized spacial score (nSPS) is 12.6. The van der Waals surface area contributed by atoms with Crippen molar-refractivity contribution < 1.29 is 9.84 Å². The molecule has 0 aliphatic carbocycles. The Labute approximate surface area is 149 Å². The Morgan fingerprint density at radius 3 is 2.64 bits per heavy atom. The van der Waals surface area contributed by atoms with Crippen LogP contribution in [-0.2, 0) is 11.3 Å². The third kappa shape index (κ3) is 7.32. The summed E-state index contributed by atoms with van der Waals surface area (Å²) in [6, 6.07) is 13.7. The SMILES string of the molecule is CCNC(=NCC(O)c1ccncc1)NCCOCc1ccccc1. The van der Waals surface area contributed by atoms with Crippen molar-refractivity contribution in [2.75, 3.05) is 26.2 Å². The smallest absolute Gasteiger partial charge is 0.191 e. The summed E-state index contributed by atoms with van der Waals surface area (Å²) in [6.45, 7) is 4.85. The number of hydrogen-bond donors (Lipinski definition) is 3. The molecule has 0 fully saturated rings. The minimum atomic E-state index is -0.646. The maximum absolute atomic E-state index is 10.2. The van der Waals surface area contributed by atoms with Crippen molar-refractivity contribution in [2.24, 2.45) is 4.99 Å². The van der Waals surface area contributed by atoms with Crippen LogP contribution in [0.2, 0.25) is 0 Å². The molecule has 1 unspecified atom stereocenters. The molecule has 6 nitrogen and oxygen atoms in total. The van der Waals surface area contributed by atoms with Gasteiger partial charge in [0.1, 0.15) is 0 Å². The zero-order valence-electron chi connectivity index (χ0n) is 14.6. The fourth-order valence-corrected chi connectivity index (χ4v) is 2.22. The van der Waals surface area contributed by atoms with E-state index in [1.165, 1.54) is 0 Å². The number of aromatic nitrogens is 1. The van der Waals surface area contributed by atoms with E-state index < -0.39 is 6.10 Å². The van der Waals surface area contributed by atoms with Gasteiger partial charge < -0.3 is 20.5 Å². The predicted octanol–water partition coefficient (Wildman–Crippen LogP) is 1.89. The van der Waals surface area contributed by atoms with Crippen LogP contribution in [0.3, 0.4) is 0 Å². The lowest BCUT2D eigenvalue weighted by Gasteiger charge is -2.13. The topological polar surface area (TPSA) is 78.8 Å². The standard InChI is InChI=1S/C19H26N4O2/c1-2-21-19(23-14-18(24)17-8-10-20-11-9-17)22-12-13-25-15-16-6-4-3-5-7-16/h3-11,18,24H,2,12-15H2,1H3,(H2,21,22,23). The Balaban J connectivity index is 1.72. The minimum absolute atomic E-state index is 0.282. The van der Waals surface area contributed by atoms with Gasteiger partial charge in [-0.15, -0.1) is 0 Å². The Bertz CT molecular complexity index is 620. The average molecular weight is 342 g/mol. The van der Waals surface area contributed by atoms with Crippen molar-refractivity contribution in [1.29, 1.82) is 0 Å². The summed E-state index contributed by atoms with van der Waals surface area (Å²) in [5.74, 6) is 0.666. The van der Waals surface area contributed by atoms with Gasteiger partial charge in [-0.1, -0.05) is 30.3 Å². The highest BCUT2D eigenvalue weighted by Gasteiger charge is 2.06. The molecule has 1 atom stereocenters. The Hall–Kier alpha value is -2.44. The molecule has 0 amide bonds. The average Bonchev–Trinajstić information content (AvgIpc) is 2.67. The number of nitrogens with zero attached hydrogens (tertiary/aromatic N) is 2. The summed E-state index contributed by atoms with van der Waals surface area (Å²) in [4.78, 5) is 8.36. The lowest BCUT2D eigenvalue weighted by molar-refractivity contribution is 0.125. The number of pyridine rings is 1. The van der Waals surface area contributed by atoms with E-state index in [4.69, 9.17) is 4.74 Å². The van der Waals surface area contributed by atoms with Gasteiger partial charge >= 0.3 is 0 Å². The molecule has 1 aromatic heterocycles. The van der Waals surface area contributed by atoms with Gasteiger partial charge in [0.05, 0.1) is 25.9 Å². The van der Waals surface area contributed by atoms with Crippen LogP contribution < -0.4 is 10.6 Å². The number of aliphatic hydroxyl groups is 1. The van der Waals surface area contributed by atoms with E-state index in [0.29, 0.717) is 25.7 Å². The first-order valence-electron chi connectivity index (χ1n) is 8.51. The van der Waals surface area contributed by atoms with Crippen LogP contribution in [0, 0.1) is 0 Å². The van der Waals surface area contributed by atoms with Crippen LogP contribution in [0.15, 0.2) is 59.9 Å². The lowest BCUT2D eigenvalue weighted by atomic mass is 10.1. The molecular formula is C19H26N4O2. The summed E-state index contributed by atoms with van der Waals surface area (Å²) in [5.41, 5.74) is 1.96. The van der Waals surface area contributed by atoms with Gasteiger partial charge in [0.25, 0.3) is 0 Å². The van der Waals surface area contributed by atoms with E-state index in [2.05, 4.69) is 20.6 Å². The van der Waals surface area contributed by atoms with E-state index in [-0.39, 0.29) is 6.54 Å². The molecule has 1 heterocycles. The largest absolute Gasteiger partial charge is 0.386 e. The van der Waals surface area contributed by atoms with Crippen LogP contribution in [0.4, 0.5) is 0 Å². The number of hydrogen-bond acceptors (Lipinski definition) is 4. The van der Waals surface area contributed by atoms with E-state index in [1.807, 2.05) is 37.3 Å². The molecule has 25 heavy (non-hydrogen) atoms. The van der Waals surface area contributed by atoms with Gasteiger partial charge in [-0.3, -0.25) is 9.98 Å². The van der Waals surface area contributed by atoms with Crippen molar-refractivity contribution in [3.63, 3.8) is 0 Å². The Kier molecular flexibility index (Phi) is 8.44. The van der Waals surface area contributed by atoms with Gasteiger partial charge in [0.15, 0.2) is 5.96 Å². The number of aliphatic hydroxyl groups excluding tert-OH is 1. The highest BCUT2D eigenvalue weighted by Crippen LogP contribution is 2.10. The molecule has 0 spiro atoms. The van der Waals surface area contributed by atoms with Crippen LogP contribution >= 0.6 is 0 Å². The van der Waals surface area contributed by atoms with Crippen LogP contribution in [0.1, 0.15) is 24.2 Å². The number of nitrogens with one attached hydrogen (secondary N) is 2. The van der Waals surface area contributed by atoms with Crippen molar-refractivity contribution in [2.45, 2.75) is 19.6 Å². The minimum Gasteiger partial charge on any atom is -0.386 e. The molecule has 0 bridgehead atoms. The zero-order valence-corrected chi connectivity index (χ0v) is 14.6. The van der Waals surface area contributed by atoms with Gasteiger partial charge in [0, 0.05) is 25.5 Å². The lowest BCUT2D eigenvalue weighted by Crippen LogP contribution is -2.39. The Morgan fingerprint density at radius 1 is 1.16 bits per heavy atom. The summed E-state index contributed by atoms with van der Waals surface area (Å²) in [7, 11) is 0. The van der Waals surface area contributed by atoms with Gasteiger partial charge in [-0.05, 0) is 30.2 Å². The molecule has 0 aliphatic rings. The molecule has 0 saturated carbocycles. The molecule has 2 aromatic rings. The summed E-state index contributed by atoms with van der Waals surface area (Å²) in [6.07, 6.45) is 2.68. The molecule has 0 saturated heterocycles. The van der Waals surface area contributed by atoms with E-state index in [9.17, 15) is 5.11 Å². The number of guanidine groups is 1. The second kappa shape index (κ2) is 11.2. The van der Waals surface area contributed by atoms with Crippen molar-refractivity contribution in [1.82, 2.24) is 15.6 Å². The maximum Gasteiger partial charge on any atom is 0.191 e. The number of ether oxygens (including phenoxy) is 1. The van der Waals surface area contributed by atoms with Crippen molar-refractivity contribution in [3.05, 3.63) is 66.0 Å². The second-order valence-corrected chi connectivity index (χ2v) is 5.48. The van der Waals surface area contributed by atoms with E-state index in [0.717, 1.165) is 17.7 Å². The zero-order chi connectivity index (χ0) is 17.7.